The number of nitrogens with one attached hydrogen (secondary N) is 1. The molecule has 96 valence electrons. The first-order valence-corrected chi connectivity index (χ1v) is 5.01. The van der Waals surface area contributed by atoms with Gasteiger partial charge in [-0.25, -0.2) is 14.6 Å². The number of carbonyl (C=O) groups is 1. The molecule has 0 aliphatic heterocycles. The fourth-order valence-corrected chi connectivity index (χ4v) is 1.48. The Kier molecular flexibility index (Phi) is 4.59. The van der Waals surface area contributed by atoms with Crippen LogP contribution >= 0.6 is 0 Å². The van der Waals surface area contributed by atoms with Crippen LogP contribution in [0.1, 0.15) is 21.9 Å². The zero-order valence-electron chi connectivity index (χ0n) is 9.67. The lowest BCUT2D eigenvalue weighted by molar-refractivity contribution is 0.0892. The van der Waals surface area contributed by atoms with E-state index in [0.717, 1.165) is 0 Å². The van der Waals surface area contributed by atoms with Crippen molar-refractivity contribution >= 4 is 5.91 Å². The number of nitrogen functional groups attached to an aromatic ring is 1. The van der Waals surface area contributed by atoms with Crippen LogP contribution < -0.4 is 11.3 Å². The van der Waals surface area contributed by atoms with E-state index in [4.69, 9.17) is 10.3 Å². The van der Waals surface area contributed by atoms with Crippen molar-refractivity contribution in [1.82, 2.24) is 10.3 Å². The monoisotopic (exact) mass is 247 g/mol. The first-order chi connectivity index (χ1) is 7.93. The van der Waals surface area contributed by atoms with Crippen molar-refractivity contribution < 1.29 is 18.0 Å². The van der Waals surface area contributed by atoms with Gasteiger partial charge in [0.1, 0.15) is 5.76 Å². The molecule has 0 aromatic carbocycles. The predicted molar refractivity (Wildman–Crippen MR) is 57.4 cm³/mol. The molecule has 3 N–H and O–H groups in total. The van der Waals surface area contributed by atoms with Crippen LogP contribution in [-0.2, 0) is 6.54 Å². The second-order valence-electron chi connectivity index (χ2n) is 3.79. The van der Waals surface area contributed by atoms with Crippen molar-refractivity contribution in [3.63, 3.8) is 0 Å². The Morgan fingerprint density at radius 3 is 2.82 bits per heavy atom. The molecule has 0 aliphatic rings. The van der Waals surface area contributed by atoms with Crippen LogP contribution in [0, 0.1) is 6.92 Å². The maximum Gasteiger partial charge on any atom is 0.301 e. The zero-order chi connectivity index (χ0) is 13.0. The van der Waals surface area contributed by atoms with Gasteiger partial charge in [0, 0.05) is 5.56 Å². The number of aryl methyl sites for hydroxylation is 1. The summed E-state index contributed by atoms with van der Waals surface area (Å²) >= 11 is 0. The Balaban J connectivity index is 2.70. The highest BCUT2D eigenvalue weighted by Crippen LogP contribution is 2.16. The molecule has 1 heterocycles. The summed E-state index contributed by atoms with van der Waals surface area (Å²) in [5.74, 6) is 5.00. The standard InChI is InChI=1S/C10H15F2N3O2/c1-6-3-7(4-15(2)5-8(11)12)17-9(6)10(16)14-13/h3,8H,4-5,13H2,1-2H3,(H,14,16). The molecule has 0 saturated carbocycles. The highest BCUT2D eigenvalue weighted by molar-refractivity contribution is 5.92. The number of furan rings is 1. The van der Waals surface area contributed by atoms with E-state index in [9.17, 15) is 13.6 Å². The van der Waals surface area contributed by atoms with Gasteiger partial charge >= 0.3 is 5.91 Å². The number of halogens is 2. The lowest BCUT2D eigenvalue weighted by Gasteiger charge is -2.13. The normalized spacial score (nSPS) is 11.2. The van der Waals surface area contributed by atoms with E-state index in [2.05, 4.69) is 0 Å². The molecule has 0 fully saturated rings. The summed E-state index contributed by atoms with van der Waals surface area (Å²) in [6.07, 6.45) is -2.40. The minimum atomic E-state index is -2.40. The maximum absolute atomic E-state index is 12.1. The zero-order valence-corrected chi connectivity index (χ0v) is 9.67. The lowest BCUT2D eigenvalue weighted by Crippen LogP contribution is -2.30. The molecule has 5 nitrogen and oxygen atoms in total. The van der Waals surface area contributed by atoms with Crippen LogP contribution in [0.4, 0.5) is 8.78 Å². The van der Waals surface area contributed by atoms with Gasteiger partial charge in [-0.15, -0.1) is 0 Å². The van der Waals surface area contributed by atoms with E-state index in [1.807, 2.05) is 5.43 Å². The first kappa shape index (κ1) is 13.6. The van der Waals surface area contributed by atoms with Crippen molar-refractivity contribution in [1.29, 1.82) is 0 Å². The van der Waals surface area contributed by atoms with Crippen LogP contribution in [0.2, 0.25) is 0 Å². The predicted octanol–water partition coefficient (Wildman–Crippen LogP) is 0.888. The van der Waals surface area contributed by atoms with E-state index < -0.39 is 12.3 Å². The van der Waals surface area contributed by atoms with Crippen molar-refractivity contribution in [2.75, 3.05) is 13.6 Å². The summed E-state index contributed by atoms with van der Waals surface area (Å²) in [6, 6.07) is 1.63. The summed E-state index contributed by atoms with van der Waals surface area (Å²) in [4.78, 5) is 12.7. The Bertz CT molecular complexity index is 393. The molecule has 0 saturated heterocycles. The number of amides is 1. The van der Waals surface area contributed by atoms with Crippen LogP contribution in [0.25, 0.3) is 0 Å². The fraction of sp³-hybridized carbons (Fsp3) is 0.500. The first-order valence-electron chi connectivity index (χ1n) is 5.01. The Hall–Kier alpha value is -1.47. The van der Waals surface area contributed by atoms with Gasteiger partial charge in [0.25, 0.3) is 6.43 Å². The Labute approximate surface area is 97.5 Å². The van der Waals surface area contributed by atoms with E-state index in [1.165, 1.54) is 4.90 Å². The van der Waals surface area contributed by atoms with Crippen molar-refractivity contribution in [2.24, 2.45) is 5.84 Å². The minimum Gasteiger partial charge on any atom is -0.454 e. The van der Waals surface area contributed by atoms with Crippen LogP contribution in [0.15, 0.2) is 10.5 Å². The molecule has 0 bridgehead atoms. The van der Waals surface area contributed by atoms with Gasteiger partial charge < -0.3 is 4.42 Å². The summed E-state index contributed by atoms with van der Waals surface area (Å²) in [6.45, 7) is 1.55. The number of nitrogens with two attached hydrogens (primary N) is 1. The molecule has 17 heavy (non-hydrogen) atoms. The molecule has 7 heteroatoms. The van der Waals surface area contributed by atoms with Gasteiger partial charge in [-0.3, -0.25) is 15.1 Å². The summed E-state index contributed by atoms with van der Waals surface area (Å²) in [5, 5.41) is 0. The number of rotatable bonds is 5. The van der Waals surface area contributed by atoms with Crippen LogP contribution in [-0.4, -0.2) is 30.8 Å². The smallest absolute Gasteiger partial charge is 0.301 e. The Morgan fingerprint density at radius 1 is 1.65 bits per heavy atom. The second-order valence-corrected chi connectivity index (χ2v) is 3.79. The van der Waals surface area contributed by atoms with Crippen LogP contribution in [0.3, 0.4) is 0 Å². The molecular weight excluding hydrogens is 232 g/mol. The topological polar surface area (TPSA) is 71.5 Å². The number of hydrogen-bond acceptors (Lipinski definition) is 4. The molecular formula is C10H15F2N3O2. The van der Waals surface area contributed by atoms with Crippen molar-refractivity contribution in [3.05, 3.63) is 23.2 Å². The van der Waals surface area contributed by atoms with Gasteiger partial charge in [-0.2, -0.15) is 0 Å². The molecule has 1 rings (SSSR count). The van der Waals surface area contributed by atoms with E-state index in [1.54, 1.807) is 20.0 Å². The molecule has 0 aliphatic carbocycles. The SMILES string of the molecule is Cc1cc(CN(C)CC(F)F)oc1C(=O)NN. The van der Waals surface area contributed by atoms with Gasteiger partial charge in [0.05, 0.1) is 13.1 Å². The average molecular weight is 247 g/mol. The Morgan fingerprint density at radius 2 is 2.29 bits per heavy atom. The molecule has 1 amide bonds. The minimum absolute atomic E-state index is 0.105. The van der Waals surface area contributed by atoms with E-state index >= 15 is 0 Å². The maximum atomic E-state index is 12.1. The van der Waals surface area contributed by atoms with Gasteiger partial charge in [0.15, 0.2) is 5.76 Å². The molecule has 0 radical (unpaired) electrons. The highest BCUT2D eigenvalue weighted by atomic mass is 19.3. The molecule has 0 spiro atoms. The van der Waals surface area contributed by atoms with E-state index in [-0.39, 0.29) is 18.8 Å². The quantitative estimate of drug-likeness (QED) is 0.460. The number of carbonyl (C=O) groups excluding carboxylic acids is 1. The highest BCUT2D eigenvalue weighted by Gasteiger charge is 2.16. The van der Waals surface area contributed by atoms with Gasteiger partial charge in [-0.05, 0) is 20.0 Å². The third kappa shape index (κ3) is 3.79. The summed E-state index contributed by atoms with van der Waals surface area (Å²) in [5.41, 5.74) is 2.57. The van der Waals surface area contributed by atoms with E-state index in [0.29, 0.717) is 11.3 Å². The molecule has 0 atom stereocenters. The number of alkyl halides is 2. The van der Waals surface area contributed by atoms with Crippen molar-refractivity contribution in [2.45, 2.75) is 19.9 Å². The van der Waals surface area contributed by atoms with Gasteiger partial charge in [-0.1, -0.05) is 0 Å². The van der Waals surface area contributed by atoms with Crippen LogP contribution in [0.5, 0.6) is 0 Å². The second kappa shape index (κ2) is 5.74. The third-order valence-corrected chi connectivity index (χ3v) is 2.18. The average Bonchev–Trinajstić information content (AvgIpc) is 2.56. The van der Waals surface area contributed by atoms with Crippen molar-refractivity contribution in [3.8, 4) is 0 Å². The number of hydrazine groups is 1. The van der Waals surface area contributed by atoms with Gasteiger partial charge in [0.2, 0.25) is 0 Å². The largest absolute Gasteiger partial charge is 0.454 e. The molecule has 0 unspecified atom stereocenters. The third-order valence-electron chi connectivity index (χ3n) is 2.18. The summed E-state index contributed by atoms with van der Waals surface area (Å²) in [7, 11) is 1.55. The lowest BCUT2D eigenvalue weighted by atomic mass is 10.2. The number of nitrogens with zero attached hydrogens (tertiary/aromatic N) is 1. The molecule has 1 aromatic heterocycles. The fourth-order valence-electron chi connectivity index (χ4n) is 1.48. The summed E-state index contributed by atoms with van der Waals surface area (Å²) < 4.78 is 29.4. The molecule has 1 aromatic rings. The number of hydrogen-bond donors (Lipinski definition) is 2.